The molecular formula is C11H13ClN2O2S. The fourth-order valence-electron chi connectivity index (χ4n) is 1.85. The number of allylic oxidation sites excluding steroid dienone is 1. The van der Waals surface area contributed by atoms with Crippen LogP contribution in [0.4, 0.5) is 0 Å². The molecule has 0 fully saturated rings. The molecule has 6 heteroatoms. The van der Waals surface area contributed by atoms with Crippen LogP contribution in [0.2, 0.25) is 5.02 Å². The Morgan fingerprint density at radius 2 is 2.35 bits per heavy atom. The molecule has 4 nitrogen and oxygen atoms in total. The van der Waals surface area contributed by atoms with Crippen LogP contribution in [0.15, 0.2) is 16.9 Å². The lowest BCUT2D eigenvalue weighted by molar-refractivity contribution is 0.0905. The summed E-state index contributed by atoms with van der Waals surface area (Å²) in [6.07, 6.45) is 6.82. The number of carbonyl (C=O) groups is 1. The van der Waals surface area contributed by atoms with Crippen molar-refractivity contribution < 1.29 is 4.79 Å². The molecule has 92 valence electrons. The van der Waals surface area contributed by atoms with Gasteiger partial charge in [0.2, 0.25) is 0 Å². The zero-order chi connectivity index (χ0) is 12.5. The molecule has 1 aliphatic carbocycles. The van der Waals surface area contributed by atoms with Crippen molar-refractivity contribution in [3.05, 3.63) is 32.4 Å². The number of hydrogen-bond acceptors (Lipinski definition) is 3. The van der Waals surface area contributed by atoms with Gasteiger partial charge >= 0.3 is 0 Å². The first-order valence-electron chi connectivity index (χ1n) is 5.36. The van der Waals surface area contributed by atoms with Crippen molar-refractivity contribution in [2.24, 2.45) is 0 Å². The van der Waals surface area contributed by atoms with E-state index in [4.69, 9.17) is 11.6 Å². The average molecular weight is 273 g/mol. The molecule has 1 atom stereocenters. The van der Waals surface area contributed by atoms with Crippen LogP contribution in [0.1, 0.15) is 35.9 Å². The van der Waals surface area contributed by atoms with E-state index in [1.165, 1.54) is 0 Å². The van der Waals surface area contributed by atoms with Crippen LogP contribution < -0.4 is 10.9 Å². The van der Waals surface area contributed by atoms with Crippen molar-refractivity contribution in [3.63, 3.8) is 0 Å². The normalized spacial score (nSPS) is 23.6. The first-order chi connectivity index (χ1) is 8.02. The van der Waals surface area contributed by atoms with Gasteiger partial charge in [0.25, 0.3) is 11.5 Å². The molecule has 1 heterocycles. The Morgan fingerprint density at radius 1 is 1.59 bits per heavy atom. The van der Waals surface area contributed by atoms with Gasteiger partial charge in [-0.25, -0.2) is 0 Å². The summed E-state index contributed by atoms with van der Waals surface area (Å²) in [5, 5.41) is 2.92. The molecule has 0 bridgehead atoms. The molecule has 1 aromatic rings. The summed E-state index contributed by atoms with van der Waals surface area (Å²) < 4.78 is 2.45. The standard InChI is InChI=1S/C11H13ClN2O2S/c1-11(5-3-2-4-6-11)13-10(16)8-7(12)9(15)14-17-8/h2-3H,4-6H2,1H3,(H,13,16)(H,14,15). The zero-order valence-corrected chi connectivity index (χ0v) is 11.0. The van der Waals surface area contributed by atoms with Crippen molar-refractivity contribution in [1.29, 1.82) is 0 Å². The Hall–Kier alpha value is -1.07. The molecule has 0 radical (unpaired) electrons. The number of aromatic amines is 1. The van der Waals surface area contributed by atoms with Gasteiger partial charge in [-0.05, 0) is 26.2 Å². The fraction of sp³-hybridized carbons (Fsp3) is 0.455. The lowest BCUT2D eigenvalue weighted by Gasteiger charge is -2.31. The number of rotatable bonds is 2. The SMILES string of the molecule is CC1(NC(=O)c2s[nH]c(=O)c2Cl)CC=CCC1. The monoisotopic (exact) mass is 272 g/mol. The molecule has 1 amide bonds. The zero-order valence-electron chi connectivity index (χ0n) is 9.38. The topological polar surface area (TPSA) is 62.0 Å². The lowest BCUT2D eigenvalue weighted by atomic mass is 9.87. The van der Waals surface area contributed by atoms with Crippen LogP contribution >= 0.6 is 23.1 Å². The van der Waals surface area contributed by atoms with Gasteiger partial charge in [0, 0.05) is 5.54 Å². The summed E-state index contributed by atoms with van der Waals surface area (Å²) >= 11 is 6.73. The van der Waals surface area contributed by atoms with Crippen molar-refractivity contribution in [3.8, 4) is 0 Å². The molecule has 17 heavy (non-hydrogen) atoms. The molecule has 1 aliphatic rings. The third-order valence-corrected chi connectivity index (χ3v) is 4.22. The molecule has 0 spiro atoms. The van der Waals surface area contributed by atoms with Gasteiger partial charge in [0.1, 0.15) is 9.90 Å². The molecule has 2 rings (SSSR count). The molecule has 1 aromatic heterocycles. The van der Waals surface area contributed by atoms with E-state index in [1.807, 2.05) is 6.92 Å². The van der Waals surface area contributed by atoms with Crippen molar-refractivity contribution in [2.45, 2.75) is 31.7 Å². The lowest BCUT2D eigenvalue weighted by Crippen LogP contribution is -2.46. The van der Waals surface area contributed by atoms with Gasteiger partial charge in [-0.3, -0.25) is 14.0 Å². The van der Waals surface area contributed by atoms with Crippen LogP contribution in [-0.4, -0.2) is 15.8 Å². The summed E-state index contributed by atoms with van der Waals surface area (Å²) in [4.78, 5) is 23.4. The number of amides is 1. The molecule has 0 saturated carbocycles. The van der Waals surface area contributed by atoms with Gasteiger partial charge in [-0.1, -0.05) is 35.3 Å². The third kappa shape index (κ3) is 2.61. The van der Waals surface area contributed by atoms with Gasteiger partial charge in [-0.2, -0.15) is 0 Å². The highest BCUT2D eigenvalue weighted by Crippen LogP contribution is 2.24. The van der Waals surface area contributed by atoms with E-state index in [0.717, 1.165) is 30.8 Å². The molecule has 1 unspecified atom stereocenters. The van der Waals surface area contributed by atoms with Crippen LogP contribution in [-0.2, 0) is 0 Å². The molecular weight excluding hydrogens is 260 g/mol. The summed E-state index contributed by atoms with van der Waals surface area (Å²) in [5.41, 5.74) is -0.655. The number of carbonyl (C=O) groups excluding carboxylic acids is 1. The Labute approximate surface area is 108 Å². The van der Waals surface area contributed by atoms with E-state index < -0.39 is 5.56 Å². The van der Waals surface area contributed by atoms with Crippen molar-refractivity contribution >= 4 is 29.0 Å². The summed E-state index contributed by atoms with van der Waals surface area (Å²) in [6.45, 7) is 2.00. The summed E-state index contributed by atoms with van der Waals surface area (Å²) in [7, 11) is 0. The highest BCUT2D eigenvalue weighted by Gasteiger charge is 2.28. The largest absolute Gasteiger partial charge is 0.346 e. The Morgan fingerprint density at radius 3 is 2.88 bits per heavy atom. The number of hydrogen-bond donors (Lipinski definition) is 2. The van der Waals surface area contributed by atoms with Crippen molar-refractivity contribution in [2.75, 3.05) is 0 Å². The minimum atomic E-state index is -0.407. The van der Waals surface area contributed by atoms with E-state index in [9.17, 15) is 9.59 Å². The minimum Gasteiger partial charge on any atom is -0.346 e. The smallest absolute Gasteiger partial charge is 0.277 e. The molecule has 0 aromatic carbocycles. The predicted molar refractivity (Wildman–Crippen MR) is 68.8 cm³/mol. The van der Waals surface area contributed by atoms with Gasteiger partial charge in [0.15, 0.2) is 0 Å². The number of H-pyrrole nitrogens is 1. The number of aromatic nitrogens is 1. The Kier molecular flexibility index (Phi) is 3.40. The van der Waals surface area contributed by atoms with Gasteiger partial charge in [0.05, 0.1) is 0 Å². The maximum Gasteiger partial charge on any atom is 0.277 e. The fourth-order valence-corrected chi connectivity index (χ4v) is 2.77. The Balaban J connectivity index is 2.14. The maximum atomic E-state index is 12.0. The highest BCUT2D eigenvalue weighted by atomic mass is 35.5. The second-order valence-corrected chi connectivity index (χ2v) is 5.60. The molecule has 2 N–H and O–H groups in total. The van der Waals surface area contributed by atoms with Crippen molar-refractivity contribution in [1.82, 2.24) is 9.69 Å². The van der Waals surface area contributed by atoms with E-state index in [-0.39, 0.29) is 21.3 Å². The summed E-state index contributed by atoms with van der Waals surface area (Å²) in [6, 6.07) is 0. The second-order valence-electron chi connectivity index (χ2n) is 4.41. The predicted octanol–water partition coefficient (Wildman–Crippen LogP) is 2.32. The number of nitrogens with one attached hydrogen (secondary N) is 2. The van der Waals surface area contributed by atoms with Crippen LogP contribution in [0.5, 0.6) is 0 Å². The maximum absolute atomic E-state index is 12.0. The Bertz CT molecular complexity index is 520. The first-order valence-corrected chi connectivity index (χ1v) is 6.56. The first kappa shape index (κ1) is 12.4. The van der Waals surface area contributed by atoms with E-state index >= 15 is 0 Å². The number of halogens is 1. The van der Waals surface area contributed by atoms with Gasteiger partial charge in [-0.15, -0.1) is 0 Å². The highest BCUT2D eigenvalue weighted by molar-refractivity contribution is 7.08. The van der Waals surface area contributed by atoms with E-state index in [2.05, 4.69) is 21.8 Å². The third-order valence-electron chi connectivity index (χ3n) is 2.86. The molecule has 0 saturated heterocycles. The van der Waals surface area contributed by atoms with Crippen LogP contribution in [0.25, 0.3) is 0 Å². The average Bonchev–Trinajstić information content (AvgIpc) is 2.60. The quantitative estimate of drug-likeness (QED) is 0.812. The second kappa shape index (κ2) is 4.66. The van der Waals surface area contributed by atoms with Crippen LogP contribution in [0.3, 0.4) is 0 Å². The van der Waals surface area contributed by atoms with E-state index in [0.29, 0.717) is 0 Å². The summed E-state index contributed by atoms with van der Waals surface area (Å²) in [5.74, 6) is -0.281. The minimum absolute atomic E-state index is 0.0255. The molecule has 0 aliphatic heterocycles. The van der Waals surface area contributed by atoms with Gasteiger partial charge < -0.3 is 5.32 Å². The van der Waals surface area contributed by atoms with E-state index in [1.54, 1.807) is 0 Å². The van der Waals surface area contributed by atoms with Crippen LogP contribution in [0, 0.1) is 0 Å².